The number of benzene rings is 1. The highest BCUT2D eigenvalue weighted by Gasteiger charge is 2.28. The molecule has 2 aromatic rings. The number of ether oxygens (including phenoxy) is 1. The first kappa shape index (κ1) is 23.4. The molecule has 1 fully saturated rings. The molecule has 168 valence electrons. The fourth-order valence-electron chi connectivity index (χ4n) is 3.49. The van der Waals surface area contributed by atoms with E-state index < -0.39 is 0 Å². The van der Waals surface area contributed by atoms with Crippen LogP contribution in [0.2, 0.25) is 10.0 Å². The number of urea groups is 1. The highest BCUT2D eigenvalue weighted by molar-refractivity contribution is 6.42. The van der Waals surface area contributed by atoms with Crippen LogP contribution in [0, 0.1) is 0 Å². The highest BCUT2D eigenvalue weighted by Crippen LogP contribution is 2.29. The topological polar surface area (TPSA) is 95.8 Å². The van der Waals surface area contributed by atoms with Crippen molar-refractivity contribution in [2.75, 3.05) is 33.4 Å². The van der Waals surface area contributed by atoms with Crippen molar-refractivity contribution in [2.24, 2.45) is 0 Å². The molecule has 3 amide bonds. The number of hydrogen-bond acceptors (Lipinski definition) is 5. The van der Waals surface area contributed by atoms with E-state index in [1.54, 1.807) is 19.2 Å². The van der Waals surface area contributed by atoms with E-state index in [0.29, 0.717) is 41.1 Å². The zero-order valence-corrected chi connectivity index (χ0v) is 18.9. The Labute approximate surface area is 191 Å². The summed E-state index contributed by atoms with van der Waals surface area (Å²) < 4.78 is 10.9. The minimum atomic E-state index is -0.328. The van der Waals surface area contributed by atoms with E-state index >= 15 is 0 Å². The first-order valence-electron chi connectivity index (χ1n) is 9.98. The minimum Gasteiger partial charge on any atom is -0.467 e. The van der Waals surface area contributed by atoms with Crippen molar-refractivity contribution >= 4 is 35.1 Å². The zero-order valence-electron chi connectivity index (χ0n) is 17.4. The highest BCUT2D eigenvalue weighted by atomic mass is 35.5. The first-order valence-corrected chi connectivity index (χ1v) is 10.7. The lowest BCUT2D eigenvalue weighted by molar-refractivity contribution is -0.0245. The van der Waals surface area contributed by atoms with Gasteiger partial charge in [0.1, 0.15) is 12.0 Å². The molecule has 3 N–H and O–H groups in total. The second kappa shape index (κ2) is 10.9. The van der Waals surface area contributed by atoms with Gasteiger partial charge in [-0.2, -0.15) is 0 Å². The molecule has 1 saturated heterocycles. The molecule has 1 aliphatic heterocycles. The summed E-state index contributed by atoms with van der Waals surface area (Å²) in [5, 5.41) is 9.17. The predicted molar refractivity (Wildman–Crippen MR) is 119 cm³/mol. The predicted octanol–water partition coefficient (Wildman–Crippen LogP) is 3.21. The van der Waals surface area contributed by atoms with Gasteiger partial charge in [0, 0.05) is 26.2 Å². The van der Waals surface area contributed by atoms with Crippen molar-refractivity contribution in [1.82, 2.24) is 20.9 Å². The van der Waals surface area contributed by atoms with E-state index in [0.717, 1.165) is 12.1 Å². The van der Waals surface area contributed by atoms with Crippen LogP contribution in [0.15, 0.2) is 34.9 Å². The van der Waals surface area contributed by atoms with Gasteiger partial charge >= 0.3 is 6.03 Å². The van der Waals surface area contributed by atoms with Gasteiger partial charge in [-0.1, -0.05) is 29.3 Å². The average molecular weight is 469 g/mol. The molecular weight excluding hydrogens is 443 g/mol. The van der Waals surface area contributed by atoms with E-state index in [4.69, 9.17) is 32.4 Å². The molecule has 1 aromatic heterocycles. The van der Waals surface area contributed by atoms with E-state index in [-0.39, 0.29) is 30.6 Å². The van der Waals surface area contributed by atoms with Crippen molar-refractivity contribution in [3.05, 3.63) is 57.5 Å². The second-order valence-electron chi connectivity index (χ2n) is 7.26. The Morgan fingerprint density at radius 1 is 1.23 bits per heavy atom. The number of furan rings is 1. The smallest absolute Gasteiger partial charge is 0.315 e. The van der Waals surface area contributed by atoms with Gasteiger partial charge in [-0.15, -0.1) is 0 Å². The van der Waals surface area contributed by atoms with E-state index in [2.05, 4.69) is 27.8 Å². The number of carbonyl (C=O) groups is 2. The van der Waals surface area contributed by atoms with Crippen LogP contribution in [-0.2, 0) is 11.3 Å². The van der Waals surface area contributed by atoms with Gasteiger partial charge < -0.3 is 25.1 Å². The molecule has 0 spiro atoms. The Balaban J connectivity index is 1.52. The summed E-state index contributed by atoms with van der Waals surface area (Å²) in [4.78, 5) is 26.1. The van der Waals surface area contributed by atoms with Gasteiger partial charge in [-0.05, 0) is 30.7 Å². The molecule has 0 radical (unpaired) electrons. The van der Waals surface area contributed by atoms with Gasteiger partial charge in [0.2, 0.25) is 0 Å². The molecule has 0 aliphatic carbocycles. The van der Waals surface area contributed by atoms with Gasteiger partial charge in [0.25, 0.3) is 5.91 Å². The molecule has 1 aromatic carbocycles. The number of nitrogens with zero attached hydrogens (tertiary/aromatic N) is 1. The third-order valence-corrected chi connectivity index (χ3v) is 6.00. The summed E-state index contributed by atoms with van der Waals surface area (Å²) in [6.45, 7) is 4.57. The lowest BCUT2D eigenvalue weighted by Gasteiger charge is -2.40. The standard InChI is InChI=1S/C21H26Cl2N4O4/c1-13(14-3-4-18(22)19(23)8-14)27-5-6-30-12-16(27)9-25-21(29)26-10-17-7-15(11-31-17)20(28)24-2/h3-4,7-8,11,13,16H,5-6,9-10,12H2,1-2H3,(H,24,28)(H2,25,26,29). The fourth-order valence-corrected chi connectivity index (χ4v) is 3.80. The molecular formula is C21H26Cl2N4O4. The third kappa shape index (κ3) is 6.13. The molecule has 1 aliphatic rings. The normalized spacial score (nSPS) is 17.7. The maximum Gasteiger partial charge on any atom is 0.315 e. The Morgan fingerprint density at radius 2 is 2.03 bits per heavy atom. The summed E-state index contributed by atoms with van der Waals surface area (Å²) in [5.41, 5.74) is 1.46. The van der Waals surface area contributed by atoms with Crippen LogP contribution >= 0.6 is 23.2 Å². The van der Waals surface area contributed by atoms with Gasteiger partial charge in [-0.25, -0.2) is 4.79 Å². The van der Waals surface area contributed by atoms with Crippen LogP contribution in [0.25, 0.3) is 0 Å². The summed E-state index contributed by atoms with van der Waals surface area (Å²) >= 11 is 12.2. The van der Waals surface area contributed by atoms with E-state index in [9.17, 15) is 9.59 Å². The monoisotopic (exact) mass is 468 g/mol. The lowest BCUT2D eigenvalue weighted by Crippen LogP contribution is -2.53. The van der Waals surface area contributed by atoms with Crippen molar-refractivity contribution in [2.45, 2.75) is 25.6 Å². The van der Waals surface area contributed by atoms with Gasteiger partial charge in [0.05, 0.1) is 41.4 Å². The van der Waals surface area contributed by atoms with Gasteiger partial charge in [-0.3, -0.25) is 9.69 Å². The fraction of sp³-hybridized carbons (Fsp3) is 0.429. The summed E-state index contributed by atoms with van der Waals surface area (Å²) in [6.07, 6.45) is 1.36. The van der Waals surface area contributed by atoms with Crippen LogP contribution in [0.4, 0.5) is 4.79 Å². The summed E-state index contributed by atoms with van der Waals surface area (Å²) in [7, 11) is 1.54. The molecule has 31 heavy (non-hydrogen) atoms. The summed E-state index contributed by atoms with van der Waals surface area (Å²) in [6, 6.07) is 6.98. The van der Waals surface area contributed by atoms with Crippen LogP contribution in [0.3, 0.4) is 0 Å². The largest absolute Gasteiger partial charge is 0.467 e. The molecule has 10 heteroatoms. The number of amides is 3. The SMILES string of the molecule is CNC(=O)c1coc(CNC(=O)NCC2COCCN2C(C)c2ccc(Cl)c(Cl)c2)c1. The van der Waals surface area contributed by atoms with Crippen molar-refractivity contribution in [3.63, 3.8) is 0 Å². The quantitative estimate of drug-likeness (QED) is 0.579. The number of carbonyl (C=O) groups excluding carboxylic acids is 2. The van der Waals surface area contributed by atoms with Crippen molar-refractivity contribution in [1.29, 1.82) is 0 Å². The maximum atomic E-state index is 12.2. The number of nitrogens with one attached hydrogen (secondary N) is 3. The Bertz CT molecular complexity index is 921. The molecule has 3 rings (SSSR count). The average Bonchev–Trinajstić information content (AvgIpc) is 3.26. The van der Waals surface area contributed by atoms with Crippen LogP contribution in [-0.4, -0.2) is 56.2 Å². The molecule has 2 heterocycles. The number of morpholine rings is 1. The minimum absolute atomic E-state index is 0.00687. The zero-order chi connectivity index (χ0) is 22.4. The van der Waals surface area contributed by atoms with Crippen molar-refractivity contribution < 1.29 is 18.7 Å². The molecule has 8 nitrogen and oxygen atoms in total. The van der Waals surface area contributed by atoms with Crippen LogP contribution in [0.5, 0.6) is 0 Å². The first-order chi connectivity index (χ1) is 14.9. The molecule has 2 unspecified atom stereocenters. The van der Waals surface area contributed by atoms with Crippen molar-refractivity contribution in [3.8, 4) is 0 Å². The summed E-state index contributed by atoms with van der Waals surface area (Å²) in [5.74, 6) is 0.248. The Hall–Kier alpha value is -2.26. The third-order valence-electron chi connectivity index (χ3n) is 5.26. The van der Waals surface area contributed by atoms with Crippen LogP contribution in [0.1, 0.15) is 34.6 Å². The van der Waals surface area contributed by atoms with E-state index in [1.807, 2.05) is 12.1 Å². The van der Waals surface area contributed by atoms with Crippen LogP contribution < -0.4 is 16.0 Å². The second-order valence-corrected chi connectivity index (χ2v) is 8.07. The Kier molecular flexibility index (Phi) is 8.20. The number of hydrogen-bond donors (Lipinski definition) is 3. The number of rotatable bonds is 7. The van der Waals surface area contributed by atoms with Gasteiger partial charge in [0.15, 0.2) is 0 Å². The molecule has 0 saturated carbocycles. The van der Waals surface area contributed by atoms with E-state index in [1.165, 1.54) is 6.26 Å². The molecule has 0 bridgehead atoms. The maximum absolute atomic E-state index is 12.2. The Morgan fingerprint density at radius 3 is 2.77 bits per heavy atom. The lowest BCUT2D eigenvalue weighted by atomic mass is 10.0. The molecule has 2 atom stereocenters. The number of halogens is 2.